The smallest absolute Gasteiger partial charge is 0.00171 e. The summed E-state index contributed by atoms with van der Waals surface area (Å²) < 4.78 is 0. The van der Waals surface area contributed by atoms with Crippen molar-refractivity contribution >= 4 is 11.3 Å². The lowest BCUT2D eigenvalue weighted by Gasteiger charge is -1.96. The van der Waals surface area contributed by atoms with Crippen LogP contribution in [0.3, 0.4) is 0 Å². The Kier molecular flexibility index (Phi) is 1.91. The van der Waals surface area contributed by atoms with Gasteiger partial charge in [-0.1, -0.05) is 13.8 Å². The van der Waals surface area contributed by atoms with Crippen LogP contribution in [-0.4, -0.2) is 0 Å². The predicted octanol–water partition coefficient (Wildman–Crippen LogP) is 3.18. The Bertz CT molecular complexity index is 186. The Morgan fingerprint density at radius 3 is 2.33 bits per heavy atom. The zero-order valence-corrected chi connectivity index (χ0v) is 6.96. The lowest BCUT2D eigenvalue weighted by molar-refractivity contribution is 0.871. The van der Waals surface area contributed by atoms with E-state index in [2.05, 4.69) is 32.2 Å². The van der Waals surface area contributed by atoms with Gasteiger partial charge < -0.3 is 0 Å². The molecule has 0 saturated heterocycles. The minimum atomic E-state index is 0.690. The Hall–Kier alpha value is -0.300. The van der Waals surface area contributed by atoms with Gasteiger partial charge in [-0.25, -0.2) is 0 Å². The van der Waals surface area contributed by atoms with Gasteiger partial charge in [0, 0.05) is 4.88 Å². The summed E-state index contributed by atoms with van der Waals surface area (Å²) in [5.41, 5.74) is 1.47. The molecule has 9 heavy (non-hydrogen) atoms. The van der Waals surface area contributed by atoms with Crippen molar-refractivity contribution in [1.29, 1.82) is 0 Å². The lowest BCUT2D eigenvalue weighted by Crippen LogP contribution is -1.79. The van der Waals surface area contributed by atoms with Gasteiger partial charge in [-0.3, -0.25) is 0 Å². The van der Waals surface area contributed by atoms with Crippen LogP contribution < -0.4 is 0 Å². The van der Waals surface area contributed by atoms with Crippen molar-refractivity contribution in [2.24, 2.45) is 0 Å². The summed E-state index contributed by atoms with van der Waals surface area (Å²) in [5.74, 6) is 0.690. The van der Waals surface area contributed by atoms with E-state index in [0.29, 0.717) is 5.92 Å². The second-order valence-corrected chi connectivity index (χ2v) is 3.76. The molecule has 0 radical (unpaired) electrons. The van der Waals surface area contributed by atoms with E-state index in [0.717, 1.165) is 0 Å². The molecule has 1 heterocycles. The molecule has 0 nitrogen and oxygen atoms in total. The fraction of sp³-hybridized carbons (Fsp3) is 0.500. The normalized spacial score (nSPS) is 10.7. The van der Waals surface area contributed by atoms with Gasteiger partial charge >= 0.3 is 0 Å². The zero-order chi connectivity index (χ0) is 6.85. The molecular formula is C8H12S. The molecular weight excluding hydrogens is 128 g/mol. The Balaban J connectivity index is 2.85. The molecule has 1 rings (SSSR count). The maximum atomic E-state index is 2.26. The maximum Gasteiger partial charge on any atom is 0.00171 e. The number of rotatable bonds is 1. The van der Waals surface area contributed by atoms with Crippen molar-refractivity contribution in [2.75, 3.05) is 0 Å². The first-order valence-corrected chi connectivity index (χ1v) is 4.13. The molecule has 1 aromatic rings. The summed E-state index contributed by atoms with van der Waals surface area (Å²) in [7, 11) is 0. The molecule has 0 aromatic carbocycles. The van der Waals surface area contributed by atoms with Crippen molar-refractivity contribution in [2.45, 2.75) is 26.7 Å². The minimum absolute atomic E-state index is 0.690. The van der Waals surface area contributed by atoms with Crippen LogP contribution in [0.25, 0.3) is 0 Å². The molecule has 0 fully saturated rings. The SMILES string of the molecule is Cc1cc(C(C)C)cs1. The van der Waals surface area contributed by atoms with Crippen molar-refractivity contribution in [1.82, 2.24) is 0 Å². The number of aryl methyl sites for hydroxylation is 1. The highest BCUT2D eigenvalue weighted by molar-refractivity contribution is 7.10. The van der Waals surface area contributed by atoms with E-state index < -0.39 is 0 Å². The molecule has 50 valence electrons. The fourth-order valence-electron chi connectivity index (χ4n) is 0.766. The van der Waals surface area contributed by atoms with Crippen LogP contribution in [0, 0.1) is 6.92 Å². The molecule has 0 aliphatic heterocycles. The topological polar surface area (TPSA) is 0 Å². The van der Waals surface area contributed by atoms with Crippen LogP contribution in [0.5, 0.6) is 0 Å². The monoisotopic (exact) mass is 140 g/mol. The second kappa shape index (κ2) is 2.53. The van der Waals surface area contributed by atoms with Gasteiger partial charge in [0.2, 0.25) is 0 Å². The van der Waals surface area contributed by atoms with Gasteiger partial charge in [0.15, 0.2) is 0 Å². The van der Waals surface area contributed by atoms with Crippen LogP contribution >= 0.6 is 11.3 Å². The van der Waals surface area contributed by atoms with Crippen molar-refractivity contribution < 1.29 is 0 Å². The Morgan fingerprint density at radius 2 is 2.11 bits per heavy atom. The van der Waals surface area contributed by atoms with Gasteiger partial charge in [-0.05, 0) is 29.9 Å². The van der Waals surface area contributed by atoms with Gasteiger partial charge in [0.25, 0.3) is 0 Å². The quantitative estimate of drug-likeness (QED) is 0.562. The molecule has 0 unspecified atom stereocenters. The third kappa shape index (κ3) is 1.55. The number of hydrogen-bond donors (Lipinski definition) is 0. The first kappa shape index (κ1) is 6.81. The number of hydrogen-bond acceptors (Lipinski definition) is 1. The molecule has 0 aliphatic rings. The Labute approximate surface area is 60.5 Å². The van der Waals surface area contributed by atoms with E-state index in [1.54, 1.807) is 0 Å². The van der Waals surface area contributed by atoms with Crippen LogP contribution in [0.4, 0.5) is 0 Å². The van der Waals surface area contributed by atoms with Crippen molar-refractivity contribution in [3.8, 4) is 0 Å². The van der Waals surface area contributed by atoms with Crippen LogP contribution in [0.2, 0.25) is 0 Å². The minimum Gasteiger partial charge on any atom is -0.149 e. The first-order valence-electron chi connectivity index (χ1n) is 3.25. The molecule has 0 spiro atoms. The molecule has 1 aromatic heterocycles. The molecule has 0 aliphatic carbocycles. The third-order valence-corrected chi connectivity index (χ3v) is 2.30. The van der Waals surface area contributed by atoms with Crippen molar-refractivity contribution in [3.63, 3.8) is 0 Å². The van der Waals surface area contributed by atoms with Gasteiger partial charge in [0.1, 0.15) is 0 Å². The van der Waals surface area contributed by atoms with E-state index in [9.17, 15) is 0 Å². The summed E-state index contributed by atoms with van der Waals surface area (Å²) in [6, 6.07) is 2.26. The number of thiophene rings is 1. The standard InChI is InChI=1S/C8H12S/c1-6(2)8-4-7(3)9-5-8/h4-6H,1-3H3. The molecule has 0 N–H and O–H groups in total. The highest BCUT2D eigenvalue weighted by Gasteiger charge is 1.98. The van der Waals surface area contributed by atoms with Crippen LogP contribution in [0.1, 0.15) is 30.2 Å². The average Bonchev–Trinajstić information content (AvgIpc) is 2.14. The third-order valence-electron chi connectivity index (χ3n) is 1.42. The zero-order valence-electron chi connectivity index (χ0n) is 6.14. The van der Waals surface area contributed by atoms with Crippen molar-refractivity contribution in [3.05, 3.63) is 21.9 Å². The molecule has 0 atom stereocenters. The van der Waals surface area contributed by atoms with E-state index in [-0.39, 0.29) is 0 Å². The summed E-state index contributed by atoms with van der Waals surface area (Å²) >= 11 is 1.83. The van der Waals surface area contributed by atoms with Gasteiger partial charge in [0.05, 0.1) is 0 Å². The summed E-state index contributed by atoms with van der Waals surface area (Å²) in [4.78, 5) is 1.42. The fourth-order valence-corrected chi connectivity index (χ4v) is 1.63. The summed E-state index contributed by atoms with van der Waals surface area (Å²) in [6.07, 6.45) is 0. The largest absolute Gasteiger partial charge is 0.149 e. The molecule has 0 amide bonds. The van der Waals surface area contributed by atoms with Gasteiger partial charge in [-0.15, -0.1) is 11.3 Å². The molecule has 0 bridgehead atoms. The van der Waals surface area contributed by atoms with E-state index in [1.165, 1.54) is 10.4 Å². The summed E-state index contributed by atoms with van der Waals surface area (Å²) in [6.45, 7) is 6.60. The molecule has 0 saturated carbocycles. The van der Waals surface area contributed by atoms with Gasteiger partial charge in [-0.2, -0.15) is 0 Å². The predicted molar refractivity (Wildman–Crippen MR) is 43.1 cm³/mol. The second-order valence-electron chi connectivity index (χ2n) is 2.65. The van der Waals surface area contributed by atoms with E-state index in [1.807, 2.05) is 11.3 Å². The highest BCUT2D eigenvalue weighted by Crippen LogP contribution is 2.20. The highest BCUT2D eigenvalue weighted by atomic mass is 32.1. The van der Waals surface area contributed by atoms with E-state index >= 15 is 0 Å². The maximum absolute atomic E-state index is 2.26. The van der Waals surface area contributed by atoms with Crippen LogP contribution in [0.15, 0.2) is 11.4 Å². The summed E-state index contributed by atoms with van der Waals surface area (Å²) in [5, 5.41) is 2.24. The Morgan fingerprint density at radius 1 is 1.44 bits per heavy atom. The first-order chi connectivity index (χ1) is 4.20. The molecule has 1 heteroatoms. The van der Waals surface area contributed by atoms with Crippen LogP contribution in [-0.2, 0) is 0 Å². The van der Waals surface area contributed by atoms with E-state index in [4.69, 9.17) is 0 Å². The average molecular weight is 140 g/mol. The lowest BCUT2D eigenvalue weighted by atomic mass is 10.1.